The van der Waals surface area contributed by atoms with Crippen LogP contribution < -0.4 is 4.74 Å². The minimum absolute atomic E-state index is 0.314. The van der Waals surface area contributed by atoms with E-state index < -0.39 is 0 Å². The Hall–Kier alpha value is -2.35. The van der Waals surface area contributed by atoms with Crippen LogP contribution in [0.15, 0.2) is 53.7 Å². The number of rotatable bonds is 8. The molecule has 2 fully saturated rings. The molecule has 7 heteroatoms. The number of likely N-dealkylation sites (tertiary alicyclic amines) is 1. The van der Waals surface area contributed by atoms with Gasteiger partial charge in [-0.2, -0.15) is 0 Å². The monoisotopic (exact) mass is 478 g/mol. The summed E-state index contributed by atoms with van der Waals surface area (Å²) in [5.41, 5.74) is 3.86. The van der Waals surface area contributed by atoms with Gasteiger partial charge in [0.25, 0.3) is 0 Å². The lowest BCUT2D eigenvalue weighted by molar-refractivity contribution is 0.129. The first kappa shape index (κ1) is 23.4. The van der Waals surface area contributed by atoms with Gasteiger partial charge in [-0.15, -0.1) is 10.2 Å². The Balaban J connectivity index is 1.34. The highest BCUT2D eigenvalue weighted by atomic mass is 32.2. The molecule has 5 rings (SSSR count). The summed E-state index contributed by atoms with van der Waals surface area (Å²) in [5.74, 6) is 3.22. The number of piperidine rings is 1. The van der Waals surface area contributed by atoms with Crippen molar-refractivity contribution in [2.75, 3.05) is 32.6 Å². The number of aromatic nitrogens is 3. The van der Waals surface area contributed by atoms with Gasteiger partial charge in [0.1, 0.15) is 11.6 Å². The van der Waals surface area contributed by atoms with E-state index in [1.807, 2.05) is 12.1 Å². The fraction of sp³-hybridized carbons (Fsp3) is 0.481. The maximum Gasteiger partial charge on any atom is 0.195 e. The second-order valence-corrected chi connectivity index (χ2v) is 10.3. The molecule has 3 heterocycles. The van der Waals surface area contributed by atoms with Crippen molar-refractivity contribution in [1.29, 1.82) is 0 Å². The largest absolute Gasteiger partial charge is 0.497 e. The number of ether oxygens (including phenoxy) is 2. The van der Waals surface area contributed by atoms with Gasteiger partial charge in [-0.25, -0.2) is 0 Å². The van der Waals surface area contributed by atoms with Crippen molar-refractivity contribution < 1.29 is 9.47 Å². The van der Waals surface area contributed by atoms with Gasteiger partial charge in [-0.3, -0.25) is 9.47 Å². The summed E-state index contributed by atoms with van der Waals surface area (Å²) < 4.78 is 13.6. The molecule has 2 aliphatic rings. The molecular formula is C27H34N4O2S. The molecule has 1 aromatic heterocycles. The molecule has 0 unspecified atom stereocenters. The average molecular weight is 479 g/mol. The lowest BCUT2D eigenvalue weighted by atomic mass is 9.95. The summed E-state index contributed by atoms with van der Waals surface area (Å²) in [5, 5.41) is 10.3. The molecule has 6 nitrogen and oxygen atoms in total. The van der Waals surface area contributed by atoms with Gasteiger partial charge in [0, 0.05) is 30.9 Å². The van der Waals surface area contributed by atoms with Gasteiger partial charge >= 0.3 is 0 Å². The van der Waals surface area contributed by atoms with Gasteiger partial charge in [0.05, 0.1) is 18.9 Å². The molecule has 2 saturated heterocycles. The van der Waals surface area contributed by atoms with E-state index in [9.17, 15) is 0 Å². The van der Waals surface area contributed by atoms with E-state index in [2.05, 4.69) is 57.9 Å². The normalized spacial score (nSPS) is 19.5. The molecule has 34 heavy (non-hydrogen) atoms. The number of thioether (sulfide) groups is 1. The molecule has 0 saturated carbocycles. The molecule has 0 spiro atoms. The van der Waals surface area contributed by atoms with E-state index in [-0.39, 0.29) is 0 Å². The van der Waals surface area contributed by atoms with E-state index in [4.69, 9.17) is 14.6 Å². The zero-order valence-electron chi connectivity index (χ0n) is 20.2. The molecule has 2 aliphatic heterocycles. The van der Waals surface area contributed by atoms with Crippen LogP contribution >= 0.6 is 11.8 Å². The van der Waals surface area contributed by atoms with Crippen LogP contribution in [-0.2, 0) is 11.3 Å². The van der Waals surface area contributed by atoms with E-state index in [1.165, 1.54) is 11.1 Å². The van der Waals surface area contributed by atoms with Gasteiger partial charge < -0.3 is 9.47 Å². The molecule has 3 aromatic rings. The van der Waals surface area contributed by atoms with Crippen molar-refractivity contribution in [2.24, 2.45) is 0 Å². The zero-order chi connectivity index (χ0) is 23.3. The minimum atomic E-state index is 0.314. The molecule has 0 radical (unpaired) electrons. The standard InChI is InChI=1S/C27H34N4O2S/c1-20-7-3-4-8-22(20)18-30-14-12-21(13-15-30)26-28-29-27(34-19-25-11-6-16-33-25)31(26)23-9-5-10-24(17-23)32-2/h3-5,7-10,17,21,25H,6,11-16,18-19H2,1-2H3/t25-/m0/s1. The predicted octanol–water partition coefficient (Wildman–Crippen LogP) is 5.24. The lowest BCUT2D eigenvalue weighted by Gasteiger charge is -2.32. The van der Waals surface area contributed by atoms with Crippen molar-refractivity contribution in [3.05, 3.63) is 65.5 Å². The van der Waals surface area contributed by atoms with Crippen LogP contribution in [0.25, 0.3) is 5.69 Å². The third-order valence-electron chi connectivity index (χ3n) is 7.00. The summed E-state index contributed by atoms with van der Waals surface area (Å²) in [6.45, 7) is 6.24. The summed E-state index contributed by atoms with van der Waals surface area (Å²) in [6, 6.07) is 16.9. The number of aryl methyl sites for hydroxylation is 1. The van der Waals surface area contributed by atoms with Crippen LogP contribution in [0.2, 0.25) is 0 Å². The molecule has 0 bridgehead atoms. The number of benzene rings is 2. The van der Waals surface area contributed by atoms with E-state index in [0.29, 0.717) is 12.0 Å². The number of nitrogens with zero attached hydrogens (tertiary/aromatic N) is 4. The third-order valence-corrected chi connectivity index (χ3v) is 8.06. The summed E-state index contributed by atoms with van der Waals surface area (Å²) in [7, 11) is 1.71. The highest BCUT2D eigenvalue weighted by Gasteiger charge is 2.28. The van der Waals surface area contributed by atoms with E-state index >= 15 is 0 Å². The number of methoxy groups -OCH3 is 1. The average Bonchev–Trinajstić information content (AvgIpc) is 3.55. The molecular weight excluding hydrogens is 444 g/mol. The SMILES string of the molecule is COc1cccc(-n2c(SC[C@@H]3CCCO3)nnc2C2CCN(Cc3ccccc3C)CC2)c1. The third kappa shape index (κ3) is 5.32. The van der Waals surface area contributed by atoms with Crippen molar-refractivity contribution in [3.63, 3.8) is 0 Å². The van der Waals surface area contributed by atoms with Crippen LogP contribution in [0.1, 0.15) is 48.6 Å². The highest BCUT2D eigenvalue weighted by molar-refractivity contribution is 7.99. The maximum absolute atomic E-state index is 5.85. The zero-order valence-corrected chi connectivity index (χ0v) is 21.0. The number of hydrogen-bond donors (Lipinski definition) is 0. The molecule has 2 aromatic carbocycles. The summed E-state index contributed by atoms with van der Waals surface area (Å²) in [6.07, 6.45) is 4.77. The second kappa shape index (κ2) is 10.9. The first-order valence-electron chi connectivity index (χ1n) is 12.3. The minimum Gasteiger partial charge on any atom is -0.497 e. The Morgan fingerprint density at radius 1 is 1.06 bits per heavy atom. The quantitative estimate of drug-likeness (QED) is 0.413. The van der Waals surface area contributed by atoms with Crippen molar-refractivity contribution >= 4 is 11.8 Å². The second-order valence-electron chi connectivity index (χ2n) is 9.30. The van der Waals surface area contributed by atoms with Gasteiger partial charge in [0.2, 0.25) is 0 Å². The van der Waals surface area contributed by atoms with E-state index in [0.717, 1.165) is 80.1 Å². The van der Waals surface area contributed by atoms with Crippen molar-refractivity contribution in [3.8, 4) is 11.4 Å². The Kier molecular flexibility index (Phi) is 7.52. The summed E-state index contributed by atoms with van der Waals surface area (Å²) in [4.78, 5) is 2.57. The topological polar surface area (TPSA) is 52.4 Å². The Labute approximate surface area is 206 Å². The Morgan fingerprint density at radius 3 is 2.68 bits per heavy atom. The van der Waals surface area contributed by atoms with Gasteiger partial charge in [-0.1, -0.05) is 42.1 Å². The molecule has 180 valence electrons. The number of hydrogen-bond acceptors (Lipinski definition) is 6. The Morgan fingerprint density at radius 2 is 1.91 bits per heavy atom. The maximum atomic E-state index is 5.85. The smallest absolute Gasteiger partial charge is 0.195 e. The predicted molar refractivity (Wildman–Crippen MR) is 136 cm³/mol. The fourth-order valence-electron chi connectivity index (χ4n) is 4.95. The van der Waals surface area contributed by atoms with Crippen LogP contribution in [0.3, 0.4) is 0 Å². The van der Waals surface area contributed by atoms with Crippen LogP contribution in [0.4, 0.5) is 0 Å². The molecule has 0 aliphatic carbocycles. The van der Waals surface area contributed by atoms with Gasteiger partial charge in [-0.05, 0) is 69.0 Å². The van der Waals surface area contributed by atoms with E-state index in [1.54, 1.807) is 18.9 Å². The van der Waals surface area contributed by atoms with Gasteiger partial charge in [0.15, 0.2) is 5.16 Å². The van der Waals surface area contributed by atoms with Crippen LogP contribution in [0, 0.1) is 6.92 Å². The first-order chi connectivity index (χ1) is 16.7. The first-order valence-corrected chi connectivity index (χ1v) is 13.3. The van der Waals surface area contributed by atoms with Crippen molar-refractivity contribution in [1.82, 2.24) is 19.7 Å². The molecule has 0 amide bonds. The van der Waals surface area contributed by atoms with Crippen molar-refractivity contribution in [2.45, 2.75) is 56.3 Å². The Bertz CT molecular complexity index is 1090. The summed E-state index contributed by atoms with van der Waals surface area (Å²) >= 11 is 1.75. The van der Waals surface area contributed by atoms with Crippen LogP contribution in [0.5, 0.6) is 5.75 Å². The lowest BCUT2D eigenvalue weighted by Crippen LogP contribution is -2.33. The molecule has 1 atom stereocenters. The molecule has 0 N–H and O–H groups in total. The highest BCUT2D eigenvalue weighted by Crippen LogP contribution is 2.34. The van der Waals surface area contributed by atoms with Crippen LogP contribution in [-0.4, -0.2) is 58.3 Å². The fourth-order valence-corrected chi connectivity index (χ4v) is 5.98.